The molecule has 0 fully saturated rings. The fraction of sp³-hybridized carbons (Fsp3) is 0.750. The molecule has 0 aliphatic heterocycles. The summed E-state index contributed by atoms with van der Waals surface area (Å²) in [5.41, 5.74) is 0. The average Bonchev–Trinajstić information content (AvgIpc) is 2.64. The maximum Gasteiger partial charge on any atom is 0.260 e. The zero-order valence-corrected chi connectivity index (χ0v) is 13.8. The molecule has 0 unspecified atom stereocenters. The van der Waals surface area contributed by atoms with E-state index in [0.717, 1.165) is 5.33 Å². The minimum Gasteiger partial charge on any atom is -0.381 e. The molecule has 0 radical (unpaired) electrons. The quantitative estimate of drug-likeness (QED) is 0.507. The molecule has 18 heavy (non-hydrogen) atoms. The Hall–Kier alpha value is -0.0300. The van der Waals surface area contributed by atoms with Crippen molar-refractivity contribution in [3.8, 4) is 0 Å². The van der Waals surface area contributed by atoms with Gasteiger partial charge >= 0.3 is 0 Å². The van der Waals surface area contributed by atoms with E-state index in [2.05, 4.69) is 46.9 Å². The molecule has 1 heterocycles. The number of ether oxygens (including phenoxy) is 1. The van der Waals surface area contributed by atoms with Crippen LogP contribution in [-0.4, -0.2) is 48.5 Å². The SMILES string of the molecule is Cn1nnc(Br)c1S(=O)(=O)NCCCOCCBr. The smallest absolute Gasteiger partial charge is 0.260 e. The normalized spacial score (nSPS) is 11.9. The van der Waals surface area contributed by atoms with Crippen LogP contribution in [0.25, 0.3) is 0 Å². The van der Waals surface area contributed by atoms with Crippen LogP contribution in [0.2, 0.25) is 0 Å². The Morgan fingerprint density at radius 2 is 2.17 bits per heavy atom. The number of halogens is 2. The summed E-state index contributed by atoms with van der Waals surface area (Å²) in [6.45, 7) is 1.44. The second-order valence-electron chi connectivity index (χ2n) is 3.36. The van der Waals surface area contributed by atoms with E-state index in [1.165, 1.54) is 11.7 Å². The summed E-state index contributed by atoms with van der Waals surface area (Å²) >= 11 is 6.29. The molecule has 0 amide bonds. The lowest BCUT2D eigenvalue weighted by Crippen LogP contribution is -2.27. The summed E-state index contributed by atoms with van der Waals surface area (Å²) in [6.07, 6.45) is 0.606. The molecule has 0 saturated carbocycles. The minimum absolute atomic E-state index is 0.0175. The van der Waals surface area contributed by atoms with Gasteiger partial charge in [0.25, 0.3) is 10.0 Å². The summed E-state index contributed by atoms with van der Waals surface area (Å²) in [6, 6.07) is 0. The fourth-order valence-corrected chi connectivity index (χ4v) is 3.61. The Morgan fingerprint density at radius 1 is 1.44 bits per heavy atom. The molecular weight excluding hydrogens is 392 g/mol. The lowest BCUT2D eigenvalue weighted by molar-refractivity contribution is 0.149. The molecule has 1 N–H and O–H groups in total. The van der Waals surface area contributed by atoms with Crippen LogP contribution >= 0.6 is 31.9 Å². The van der Waals surface area contributed by atoms with Crippen molar-refractivity contribution in [1.29, 1.82) is 0 Å². The van der Waals surface area contributed by atoms with Gasteiger partial charge in [-0.1, -0.05) is 21.1 Å². The number of hydrogen-bond donors (Lipinski definition) is 1. The first-order valence-corrected chi connectivity index (χ1v) is 8.57. The fourth-order valence-electron chi connectivity index (χ4n) is 1.21. The van der Waals surface area contributed by atoms with Crippen LogP contribution in [0.1, 0.15) is 6.42 Å². The van der Waals surface area contributed by atoms with Crippen molar-refractivity contribution in [2.24, 2.45) is 7.05 Å². The van der Waals surface area contributed by atoms with E-state index in [1.807, 2.05) is 0 Å². The van der Waals surface area contributed by atoms with Gasteiger partial charge in [-0.3, -0.25) is 0 Å². The van der Waals surface area contributed by atoms with E-state index in [4.69, 9.17) is 4.74 Å². The van der Waals surface area contributed by atoms with Crippen LogP contribution in [0.5, 0.6) is 0 Å². The number of nitrogens with zero attached hydrogens (tertiary/aromatic N) is 3. The molecule has 0 aliphatic carbocycles. The van der Waals surface area contributed by atoms with E-state index in [-0.39, 0.29) is 9.63 Å². The molecular formula is C8H14Br2N4O3S. The van der Waals surface area contributed by atoms with Crippen LogP contribution in [0.3, 0.4) is 0 Å². The first-order chi connectivity index (χ1) is 8.49. The lowest BCUT2D eigenvalue weighted by atomic mass is 10.5. The number of alkyl halides is 1. The molecule has 0 bridgehead atoms. The third-order valence-electron chi connectivity index (χ3n) is 1.97. The van der Waals surface area contributed by atoms with Gasteiger partial charge in [-0.25, -0.2) is 17.8 Å². The molecule has 0 aromatic carbocycles. The van der Waals surface area contributed by atoms with Crippen molar-refractivity contribution in [1.82, 2.24) is 19.7 Å². The van der Waals surface area contributed by atoms with E-state index in [0.29, 0.717) is 26.2 Å². The molecule has 0 aliphatic rings. The highest BCUT2D eigenvalue weighted by Gasteiger charge is 2.22. The van der Waals surface area contributed by atoms with E-state index in [1.54, 1.807) is 0 Å². The maximum atomic E-state index is 11.9. The summed E-state index contributed by atoms with van der Waals surface area (Å²) in [5, 5.41) is 8.04. The molecule has 0 atom stereocenters. The van der Waals surface area contributed by atoms with Gasteiger partial charge in [-0.2, -0.15) is 0 Å². The van der Waals surface area contributed by atoms with Gasteiger partial charge in [-0.15, -0.1) is 5.10 Å². The molecule has 10 heteroatoms. The summed E-state index contributed by atoms with van der Waals surface area (Å²) in [7, 11) is -2.08. The predicted octanol–water partition coefficient (Wildman–Crippen LogP) is 0.657. The van der Waals surface area contributed by atoms with Gasteiger partial charge in [-0.05, 0) is 22.4 Å². The summed E-state index contributed by atoms with van der Waals surface area (Å²) in [4.78, 5) is 0. The Bertz CT molecular complexity index is 457. The molecule has 1 aromatic rings. The van der Waals surface area contributed by atoms with Crippen molar-refractivity contribution in [2.75, 3.05) is 25.1 Å². The largest absolute Gasteiger partial charge is 0.381 e. The van der Waals surface area contributed by atoms with E-state index in [9.17, 15) is 8.42 Å². The topological polar surface area (TPSA) is 86.1 Å². The number of nitrogens with one attached hydrogen (secondary N) is 1. The van der Waals surface area contributed by atoms with Gasteiger partial charge in [0.15, 0.2) is 4.60 Å². The third-order valence-corrected chi connectivity index (χ3v) is 4.64. The zero-order chi connectivity index (χ0) is 13.6. The molecule has 1 aromatic heterocycles. The Labute approximate surface area is 123 Å². The third kappa shape index (κ3) is 4.57. The van der Waals surface area contributed by atoms with Crippen molar-refractivity contribution >= 4 is 41.9 Å². The molecule has 104 valence electrons. The molecule has 1 rings (SSSR count). The van der Waals surface area contributed by atoms with Crippen LogP contribution in [0, 0.1) is 0 Å². The summed E-state index contributed by atoms with van der Waals surface area (Å²) < 4.78 is 33.0. The van der Waals surface area contributed by atoms with Gasteiger partial charge in [0.1, 0.15) is 0 Å². The lowest BCUT2D eigenvalue weighted by Gasteiger charge is -2.06. The highest BCUT2D eigenvalue weighted by atomic mass is 79.9. The van der Waals surface area contributed by atoms with Crippen molar-refractivity contribution in [3.63, 3.8) is 0 Å². The van der Waals surface area contributed by atoms with Gasteiger partial charge < -0.3 is 4.74 Å². The number of aromatic nitrogens is 3. The number of rotatable bonds is 8. The van der Waals surface area contributed by atoms with E-state index >= 15 is 0 Å². The second-order valence-corrected chi connectivity index (χ2v) is 6.59. The van der Waals surface area contributed by atoms with Crippen LogP contribution in [0.15, 0.2) is 9.63 Å². The second kappa shape index (κ2) is 7.53. The highest BCUT2D eigenvalue weighted by molar-refractivity contribution is 9.10. The van der Waals surface area contributed by atoms with Crippen molar-refractivity contribution < 1.29 is 13.2 Å². The molecule has 0 saturated heterocycles. The van der Waals surface area contributed by atoms with Crippen molar-refractivity contribution in [3.05, 3.63) is 4.60 Å². The number of aryl methyl sites for hydroxylation is 1. The first-order valence-electron chi connectivity index (χ1n) is 5.17. The Morgan fingerprint density at radius 3 is 2.72 bits per heavy atom. The summed E-state index contributed by atoms with van der Waals surface area (Å²) in [5.74, 6) is 0. The first kappa shape index (κ1) is 16.0. The van der Waals surface area contributed by atoms with Crippen molar-refractivity contribution in [2.45, 2.75) is 11.4 Å². The molecule has 0 spiro atoms. The predicted molar refractivity (Wildman–Crippen MR) is 73.1 cm³/mol. The van der Waals surface area contributed by atoms with Gasteiger partial charge in [0.2, 0.25) is 5.03 Å². The zero-order valence-electron chi connectivity index (χ0n) is 9.77. The van der Waals surface area contributed by atoms with E-state index < -0.39 is 10.0 Å². The number of hydrogen-bond acceptors (Lipinski definition) is 5. The van der Waals surface area contributed by atoms with Gasteiger partial charge in [0.05, 0.1) is 6.61 Å². The van der Waals surface area contributed by atoms with Gasteiger partial charge in [0, 0.05) is 25.5 Å². The highest BCUT2D eigenvalue weighted by Crippen LogP contribution is 2.17. The molecule has 7 nitrogen and oxygen atoms in total. The monoisotopic (exact) mass is 404 g/mol. The van der Waals surface area contributed by atoms with Crippen LogP contribution in [-0.2, 0) is 21.8 Å². The minimum atomic E-state index is -3.59. The van der Waals surface area contributed by atoms with Crippen LogP contribution in [0.4, 0.5) is 0 Å². The standard InChI is InChI=1S/C8H14Br2N4O3S/c1-14-8(7(10)12-13-14)18(15,16)11-4-2-5-17-6-3-9/h11H,2-6H2,1H3. The maximum absolute atomic E-state index is 11.9. The van der Waals surface area contributed by atoms with Crippen LogP contribution < -0.4 is 4.72 Å². The number of sulfonamides is 1. The Kier molecular flexibility index (Phi) is 6.71. The average molecular weight is 406 g/mol. The Balaban J connectivity index is 2.46.